The first-order chi connectivity index (χ1) is 11.9. The largest absolute Gasteiger partial charge is 0.332 e. The topological polar surface area (TPSA) is 72.3 Å². The molecule has 1 amide bonds. The van der Waals surface area contributed by atoms with Crippen molar-refractivity contribution >= 4 is 15.7 Å². The minimum atomic E-state index is -3.07. The number of rotatable bonds is 3. The predicted molar refractivity (Wildman–Crippen MR) is 88.7 cm³/mol. The van der Waals surface area contributed by atoms with Crippen LogP contribution in [0.3, 0.4) is 0 Å². The highest BCUT2D eigenvalue weighted by atomic mass is 32.2. The van der Waals surface area contributed by atoms with Gasteiger partial charge in [-0.15, -0.1) is 0 Å². The van der Waals surface area contributed by atoms with Crippen molar-refractivity contribution in [2.45, 2.75) is 26.1 Å². The monoisotopic (exact) mass is 363 g/mol. The molecule has 0 radical (unpaired) electrons. The molecule has 1 atom stereocenters. The van der Waals surface area contributed by atoms with Crippen molar-refractivity contribution in [3.05, 3.63) is 53.1 Å². The van der Waals surface area contributed by atoms with Crippen molar-refractivity contribution in [1.29, 1.82) is 0 Å². The fraction of sp³-hybridized carbons (Fsp3) is 0.412. The third kappa shape index (κ3) is 3.18. The van der Waals surface area contributed by atoms with Crippen molar-refractivity contribution < 1.29 is 17.6 Å². The van der Waals surface area contributed by atoms with E-state index in [0.29, 0.717) is 26.1 Å². The summed E-state index contributed by atoms with van der Waals surface area (Å²) in [6.07, 6.45) is 2.16. The first-order valence-electron chi connectivity index (χ1n) is 8.18. The molecule has 3 heterocycles. The van der Waals surface area contributed by atoms with Gasteiger partial charge in [0.1, 0.15) is 5.82 Å². The standard InChI is InChI=1S/C17H18FN3O3S/c18-15-3-1-12(2-4-15)8-21-16-10-20(9-14(16)7-19-21)17(22)13-5-6-25(23,24)11-13/h1-4,7,13H,5-6,8-11H2. The molecule has 0 saturated carbocycles. The normalized spacial score (nSPS) is 21.5. The van der Waals surface area contributed by atoms with Gasteiger partial charge in [-0.3, -0.25) is 9.48 Å². The number of hydrogen-bond donors (Lipinski definition) is 0. The lowest BCUT2D eigenvalue weighted by Gasteiger charge is -2.19. The predicted octanol–water partition coefficient (Wildman–Crippen LogP) is 1.35. The first kappa shape index (κ1) is 16.3. The Morgan fingerprint density at radius 3 is 2.68 bits per heavy atom. The minimum Gasteiger partial charge on any atom is -0.332 e. The average molecular weight is 363 g/mol. The molecular weight excluding hydrogens is 345 g/mol. The zero-order valence-corrected chi connectivity index (χ0v) is 14.4. The minimum absolute atomic E-state index is 0.0413. The van der Waals surface area contributed by atoms with E-state index in [-0.39, 0.29) is 23.2 Å². The molecule has 1 aromatic heterocycles. The molecule has 25 heavy (non-hydrogen) atoms. The van der Waals surface area contributed by atoms with E-state index in [1.165, 1.54) is 12.1 Å². The van der Waals surface area contributed by atoms with Gasteiger partial charge in [0, 0.05) is 12.1 Å². The Morgan fingerprint density at radius 2 is 2.00 bits per heavy atom. The maximum Gasteiger partial charge on any atom is 0.227 e. The van der Waals surface area contributed by atoms with Crippen molar-refractivity contribution in [2.75, 3.05) is 11.5 Å². The van der Waals surface area contributed by atoms with E-state index in [4.69, 9.17) is 0 Å². The van der Waals surface area contributed by atoms with Gasteiger partial charge in [-0.2, -0.15) is 5.10 Å². The number of halogens is 1. The van der Waals surface area contributed by atoms with Crippen LogP contribution in [0.25, 0.3) is 0 Å². The van der Waals surface area contributed by atoms with Crippen LogP contribution in [0.4, 0.5) is 4.39 Å². The molecule has 2 aliphatic heterocycles. The van der Waals surface area contributed by atoms with Gasteiger partial charge in [0.25, 0.3) is 0 Å². The van der Waals surface area contributed by atoms with Crippen LogP contribution in [0, 0.1) is 11.7 Å². The van der Waals surface area contributed by atoms with Gasteiger partial charge in [-0.25, -0.2) is 12.8 Å². The van der Waals surface area contributed by atoms with E-state index in [1.807, 2.05) is 4.68 Å². The summed E-state index contributed by atoms with van der Waals surface area (Å²) < 4.78 is 38.0. The van der Waals surface area contributed by atoms with E-state index in [0.717, 1.165) is 16.8 Å². The second kappa shape index (κ2) is 5.94. The Balaban J connectivity index is 1.47. The average Bonchev–Trinajstić information content (AvgIpc) is 3.24. The Morgan fingerprint density at radius 1 is 1.24 bits per heavy atom. The van der Waals surface area contributed by atoms with E-state index < -0.39 is 15.8 Å². The zero-order valence-electron chi connectivity index (χ0n) is 13.6. The number of fused-ring (bicyclic) bond motifs is 1. The highest BCUT2D eigenvalue weighted by Gasteiger charge is 2.37. The summed E-state index contributed by atoms with van der Waals surface area (Å²) in [4.78, 5) is 14.3. The van der Waals surface area contributed by atoms with Crippen molar-refractivity contribution in [1.82, 2.24) is 14.7 Å². The number of hydrogen-bond acceptors (Lipinski definition) is 4. The highest BCUT2D eigenvalue weighted by Crippen LogP contribution is 2.28. The smallest absolute Gasteiger partial charge is 0.227 e. The van der Waals surface area contributed by atoms with Crippen LogP contribution in [0.5, 0.6) is 0 Å². The Bertz CT molecular complexity index is 921. The summed E-state index contributed by atoms with van der Waals surface area (Å²) in [5.41, 5.74) is 2.87. The summed E-state index contributed by atoms with van der Waals surface area (Å²) in [5.74, 6) is -0.737. The zero-order chi connectivity index (χ0) is 17.6. The molecule has 8 heteroatoms. The summed E-state index contributed by atoms with van der Waals surface area (Å²) in [6.45, 7) is 1.41. The maximum absolute atomic E-state index is 13.0. The highest BCUT2D eigenvalue weighted by molar-refractivity contribution is 7.91. The molecule has 1 unspecified atom stereocenters. The van der Waals surface area contributed by atoms with Gasteiger partial charge in [0.15, 0.2) is 9.84 Å². The van der Waals surface area contributed by atoms with Crippen LogP contribution in [0.15, 0.2) is 30.5 Å². The fourth-order valence-corrected chi connectivity index (χ4v) is 5.24. The maximum atomic E-state index is 13.0. The number of carbonyl (C=O) groups is 1. The summed E-state index contributed by atoms with van der Waals surface area (Å²) in [5, 5.41) is 4.36. The number of amides is 1. The molecule has 0 spiro atoms. The second-order valence-corrected chi connectivity index (χ2v) is 8.92. The Hall–Kier alpha value is -2.22. The van der Waals surface area contributed by atoms with Crippen LogP contribution in [0.2, 0.25) is 0 Å². The van der Waals surface area contributed by atoms with Crippen LogP contribution in [-0.4, -0.2) is 40.5 Å². The van der Waals surface area contributed by atoms with Crippen molar-refractivity contribution in [2.24, 2.45) is 5.92 Å². The first-order valence-corrected chi connectivity index (χ1v) is 10.0. The molecule has 0 bridgehead atoms. The van der Waals surface area contributed by atoms with E-state index in [9.17, 15) is 17.6 Å². The van der Waals surface area contributed by atoms with Gasteiger partial charge >= 0.3 is 0 Å². The molecule has 4 rings (SSSR count). The van der Waals surface area contributed by atoms with Crippen LogP contribution in [0.1, 0.15) is 23.2 Å². The number of nitrogens with zero attached hydrogens (tertiary/aromatic N) is 3. The lowest BCUT2D eigenvalue weighted by atomic mass is 10.1. The van der Waals surface area contributed by atoms with Crippen LogP contribution >= 0.6 is 0 Å². The number of aromatic nitrogens is 2. The van der Waals surface area contributed by atoms with Crippen molar-refractivity contribution in [3.8, 4) is 0 Å². The Kier molecular flexibility index (Phi) is 3.87. The molecule has 2 aliphatic rings. The van der Waals surface area contributed by atoms with E-state index >= 15 is 0 Å². The molecule has 0 aliphatic carbocycles. The molecule has 132 valence electrons. The third-order valence-electron chi connectivity index (χ3n) is 4.88. The lowest BCUT2D eigenvalue weighted by Crippen LogP contribution is -2.33. The number of benzene rings is 1. The summed E-state index contributed by atoms with van der Waals surface area (Å²) >= 11 is 0. The molecule has 1 saturated heterocycles. The molecule has 6 nitrogen and oxygen atoms in total. The summed E-state index contributed by atoms with van der Waals surface area (Å²) in [6, 6.07) is 6.25. The van der Waals surface area contributed by atoms with E-state index in [2.05, 4.69) is 5.10 Å². The number of sulfone groups is 1. The third-order valence-corrected chi connectivity index (χ3v) is 6.64. The van der Waals surface area contributed by atoms with Gasteiger partial charge in [0.2, 0.25) is 5.91 Å². The second-order valence-electron chi connectivity index (χ2n) is 6.69. The fourth-order valence-electron chi connectivity index (χ4n) is 3.51. The van der Waals surface area contributed by atoms with Gasteiger partial charge in [-0.05, 0) is 24.1 Å². The number of carbonyl (C=O) groups excluding carboxylic acids is 1. The molecule has 1 aromatic carbocycles. The van der Waals surface area contributed by atoms with Gasteiger partial charge in [0.05, 0.1) is 42.4 Å². The van der Waals surface area contributed by atoms with Gasteiger partial charge < -0.3 is 4.90 Å². The molecule has 0 N–H and O–H groups in total. The van der Waals surface area contributed by atoms with Crippen LogP contribution < -0.4 is 0 Å². The van der Waals surface area contributed by atoms with Crippen molar-refractivity contribution in [3.63, 3.8) is 0 Å². The summed E-state index contributed by atoms with van der Waals surface area (Å²) in [7, 11) is -3.07. The van der Waals surface area contributed by atoms with E-state index in [1.54, 1.807) is 23.2 Å². The molecular formula is C17H18FN3O3S. The quantitative estimate of drug-likeness (QED) is 0.825. The van der Waals surface area contributed by atoms with Crippen LogP contribution in [-0.2, 0) is 34.3 Å². The molecule has 1 fully saturated rings. The molecule has 2 aromatic rings. The van der Waals surface area contributed by atoms with Gasteiger partial charge in [-0.1, -0.05) is 12.1 Å². The SMILES string of the molecule is O=C(C1CCS(=O)(=O)C1)N1Cc2cnn(Cc3ccc(F)cc3)c2C1. The lowest BCUT2D eigenvalue weighted by molar-refractivity contribution is -0.135. The Labute approximate surface area is 145 Å².